The number of hydrogen-bond donors (Lipinski definition) is 2. The van der Waals surface area contributed by atoms with Crippen molar-refractivity contribution in [3.63, 3.8) is 0 Å². The molecule has 1 saturated heterocycles. The molecule has 2 aromatic carbocycles. The Hall–Kier alpha value is -3.16. The molecular formula is C27H32N4O3. The van der Waals surface area contributed by atoms with Crippen molar-refractivity contribution in [2.45, 2.75) is 25.8 Å². The monoisotopic (exact) mass is 460 g/mol. The predicted molar refractivity (Wildman–Crippen MR) is 132 cm³/mol. The van der Waals surface area contributed by atoms with Crippen LogP contribution in [0, 0.1) is 6.92 Å². The van der Waals surface area contributed by atoms with E-state index in [9.17, 15) is 9.59 Å². The lowest BCUT2D eigenvalue weighted by atomic mass is 9.95. The molecule has 1 aromatic heterocycles. The SMILES string of the molecule is Cc1[nH]c2ccccc2c1[C@@H]1c2ccccc2C(=O)N1CCC(=O)NCCCN1CCOCC1. The molecule has 0 bridgehead atoms. The molecule has 0 aliphatic carbocycles. The molecule has 7 heteroatoms. The summed E-state index contributed by atoms with van der Waals surface area (Å²) in [6, 6.07) is 15.8. The molecule has 2 N–H and O–H groups in total. The molecule has 2 amide bonds. The van der Waals surface area contributed by atoms with Crippen LogP contribution in [-0.2, 0) is 9.53 Å². The molecule has 2 aliphatic heterocycles. The lowest BCUT2D eigenvalue weighted by molar-refractivity contribution is -0.121. The zero-order valence-electron chi connectivity index (χ0n) is 19.7. The first-order valence-corrected chi connectivity index (χ1v) is 12.2. The van der Waals surface area contributed by atoms with E-state index in [1.165, 1.54) is 0 Å². The first-order valence-electron chi connectivity index (χ1n) is 12.2. The van der Waals surface area contributed by atoms with E-state index >= 15 is 0 Å². The summed E-state index contributed by atoms with van der Waals surface area (Å²) in [5, 5.41) is 4.15. The van der Waals surface area contributed by atoms with Gasteiger partial charge in [0.2, 0.25) is 5.91 Å². The summed E-state index contributed by atoms with van der Waals surface area (Å²) in [5.41, 5.74) is 4.95. The van der Waals surface area contributed by atoms with E-state index in [4.69, 9.17) is 4.74 Å². The Balaban J connectivity index is 1.27. The molecule has 3 heterocycles. The summed E-state index contributed by atoms with van der Waals surface area (Å²) < 4.78 is 5.38. The standard InChI is InChI=1S/C27H32N4O3/c1-19-25(22-9-4-5-10-23(22)29-19)26-20-7-2-3-8-21(20)27(33)31(26)14-11-24(32)28-12-6-13-30-15-17-34-18-16-30/h2-5,7-10,26,29H,6,11-18H2,1H3,(H,28,32)/t26-/m0/s1. The molecule has 3 aromatic rings. The van der Waals surface area contributed by atoms with Gasteiger partial charge in [-0.2, -0.15) is 0 Å². The number of benzene rings is 2. The molecular weight excluding hydrogens is 428 g/mol. The van der Waals surface area contributed by atoms with Gasteiger partial charge in [-0.05, 0) is 37.6 Å². The van der Waals surface area contributed by atoms with Gasteiger partial charge in [0.15, 0.2) is 0 Å². The molecule has 1 atom stereocenters. The highest BCUT2D eigenvalue weighted by Gasteiger charge is 2.39. The normalized spacial score (nSPS) is 18.4. The van der Waals surface area contributed by atoms with Gasteiger partial charge in [0, 0.05) is 60.3 Å². The lowest BCUT2D eigenvalue weighted by Crippen LogP contribution is -2.38. The van der Waals surface area contributed by atoms with Crippen molar-refractivity contribution in [2.24, 2.45) is 0 Å². The van der Waals surface area contributed by atoms with E-state index in [2.05, 4.69) is 34.3 Å². The number of nitrogens with one attached hydrogen (secondary N) is 2. The molecule has 0 radical (unpaired) electrons. The average Bonchev–Trinajstić information content (AvgIpc) is 3.33. The summed E-state index contributed by atoms with van der Waals surface area (Å²) in [7, 11) is 0. The molecule has 5 rings (SSSR count). The quantitative estimate of drug-likeness (QED) is 0.506. The number of amides is 2. The molecule has 7 nitrogen and oxygen atoms in total. The van der Waals surface area contributed by atoms with Crippen molar-refractivity contribution < 1.29 is 14.3 Å². The van der Waals surface area contributed by atoms with Gasteiger partial charge in [-0.25, -0.2) is 0 Å². The number of aromatic amines is 1. The Bertz CT molecular complexity index is 1180. The molecule has 0 saturated carbocycles. The van der Waals surface area contributed by atoms with Crippen LogP contribution in [0.5, 0.6) is 0 Å². The largest absolute Gasteiger partial charge is 0.379 e. The minimum atomic E-state index is -0.200. The fourth-order valence-corrected chi connectivity index (χ4v) is 5.23. The van der Waals surface area contributed by atoms with Gasteiger partial charge in [0.1, 0.15) is 0 Å². The minimum absolute atomic E-state index is 0.00889. The third kappa shape index (κ3) is 4.45. The van der Waals surface area contributed by atoms with Crippen LogP contribution in [0.4, 0.5) is 0 Å². The Morgan fingerprint density at radius 2 is 1.85 bits per heavy atom. The van der Waals surface area contributed by atoms with Crippen LogP contribution in [0.2, 0.25) is 0 Å². The van der Waals surface area contributed by atoms with Gasteiger partial charge < -0.3 is 19.9 Å². The lowest BCUT2D eigenvalue weighted by Gasteiger charge is -2.27. The highest BCUT2D eigenvalue weighted by Crippen LogP contribution is 2.42. The fourth-order valence-electron chi connectivity index (χ4n) is 5.23. The number of rotatable bonds is 8. The number of morpholine rings is 1. The van der Waals surface area contributed by atoms with Crippen molar-refractivity contribution in [2.75, 3.05) is 45.9 Å². The first-order chi connectivity index (χ1) is 16.6. The second kappa shape index (κ2) is 9.99. The van der Waals surface area contributed by atoms with Crippen LogP contribution in [0.15, 0.2) is 48.5 Å². The molecule has 178 valence electrons. The van der Waals surface area contributed by atoms with Gasteiger partial charge in [-0.15, -0.1) is 0 Å². The van der Waals surface area contributed by atoms with E-state index in [-0.39, 0.29) is 24.3 Å². The Labute approximate surface area is 200 Å². The van der Waals surface area contributed by atoms with Crippen LogP contribution >= 0.6 is 0 Å². The summed E-state index contributed by atoms with van der Waals surface area (Å²) in [5.74, 6) is -0.0227. The first kappa shape index (κ1) is 22.6. The van der Waals surface area contributed by atoms with Crippen molar-refractivity contribution >= 4 is 22.7 Å². The number of nitrogens with zero attached hydrogens (tertiary/aromatic N) is 2. The summed E-state index contributed by atoms with van der Waals surface area (Å²) in [4.78, 5) is 33.7. The third-order valence-electron chi connectivity index (χ3n) is 6.93. The molecule has 1 fully saturated rings. The number of ether oxygens (including phenoxy) is 1. The maximum Gasteiger partial charge on any atom is 0.255 e. The number of fused-ring (bicyclic) bond motifs is 2. The second-order valence-electron chi connectivity index (χ2n) is 9.11. The van der Waals surface area contributed by atoms with Gasteiger partial charge >= 0.3 is 0 Å². The van der Waals surface area contributed by atoms with Crippen LogP contribution in [0.25, 0.3) is 10.9 Å². The van der Waals surface area contributed by atoms with Gasteiger partial charge in [-0.1, -0.05) is 36.4 Å². The topological polar surface area (TPSA) is 77.7 Å². The van der Waals surface area contributed by atoms with Gasteiger partial charge in [0.05, 0.1) is 19.3 Å². The van der Waals surface area contributed by atoms with Gasteiger partial charge in [0.25, 0.3) is 5.91 Å². The van der Waals surface area contributed by atoms with E-state index in [1.807, 2.05) is 41.3 Å². The number of hydrogen-bond acceptors (Lipinski definition) is 4. The molecule has 34 heavy (non-hydrogen) atoms. The van der Waals surface area contributed by atoms with Crippen molar-refractivity contribution in [1.82, 2.24) is 20.1 Å². The van der Waals surface area contributed by atoms with Crippen LogP contribution < -0.4 is 5.32 Å². The number of H-pyrrole nitrogens is 1. The maximum atomic E-state index is 13.4. The number of carbonyl (C=O) groups is 2. The summed E-state index contributed by atoms with van der Waals surface area (Å²) in [6.45, 7) is 7.54. The van der Waals surface area contributed by atoms with Crippen molar-refractivity contribution in [3.8, 4) is 0 Å². The van der Waals surface area contributed by atoms with E-state index in [0.29, 0.717) is 13.1 Å². The number of para-hydroxylation sites is 1. The minimum Gasteiger partial charge on any atom is -0.379 e. The number of carbonyl (C=O) groups excluding carboxylic acids is 2. The Kier molecular flexibility index (Phi) is 6.65. The highest BCUT2D eigenvalue weighted by molar-refractivity contribution is 6.01. The predicted octanol–water partition coefficient (Wildman–Crippen LogP) is 3.25. The van der Waals surface area contributed by atoms with E-state index in [0.717, 1.165) is 72.6 Å². The zero-order chi connectivity index (χ0) is 23.5. The van der Waals surface area contributed by atoms with Crippen molar-refractivity contribution in [1.29, 1.82) is 0 Å². The Morgan fingerprint density at radius 3 is 2.71 bits per heavy atom. The molecule has 0 spiro atoms. The van der Waals surface area contributed by atoms with Gasteiger partial charge in [-0.3, -0.25) is 14.5 Å². The highest BCUT2D eigenvalue weighted by atomic mass is 16.5. The molecule has 0 unspecified atom stereocenters. The van der Waals surface area contributed by atoms with Crippen LogP contribution in [0.3, 0.4) is 0 Å². The Morgan fingerprint density at radius 1 is 1.09 bits per heavy atom. The summed E-state index contributed by atoms with van der Waals surface area (Å²) >= 11 is 0. The second-order valence-corrected chi connectivity index (χ2v) is 9.11. The third-order valence-corrected chi connectivity index (χ3v) is 6.93. The van der Waals surface area contributed by atoms with E-state index < -0.39 is 0 Å². The molecule has 2 aliphatic rings. The summed E-state index contributed by atoms with van der Waals surface area (Å²) in [6.07, 6.45) is 1.20. The maximum absolute atomic E-state index is 13.4. The zero-order valence-corrected chi connectivity index (χ0v) is 19.7. The van der Waals surface area contributed by atoms with Crippen molar-refractivity contribution in [3.05, 3.63) is 70.9 Å². The number of aromatic nitrogens is 1. The van der Waals surface area contributed by atoms with Crippen LogP contribution in [0.1, 0.15) is 46.1 Å². The van der Waals surface area contributed by atoms with Crippen LogP contribution in [-0.4, -0.2) is 72.5 Å². The smallest absolute Gasteiger partial charge is 0.255 e. The fraction of sp³-hybridized carbons (Fsp3) is 0.407. The van der Waals surface area contributed by atoms with E-state index in [1.54, 1.807) is 0 Å². The number of aryl methyl sites for hydroxylation is 1. The average molecular weight is 461 g/mol.